The lowest BCUT2D eigenvalue weighted by atomic mass is 10.1. The van der Waals surface area contributed by atoms with Gasteiger partial charge in [-0.25, -0.2) is 4.98 Å². The van der Waals surface area contributed by atoms with Crippen LogP contribution in [0.1, 0.15) is 28.9 Å². The van der Waals surface area contributed by atoms with E-state index in [2.05, 4.69) is 4.98 Å². The van der Waals surface area contributed by atoms with Crippen LogP contribution in [0.4, 0.5) is 5.69 Å². The first-order valence-electron chi connectivity index (χ1n) is 9.15. The molecule has 150 valence electrons. The fraction of sp³-hybridized carbons (Fsp3) is 0.300. The average molecular weight is 396 g/mol. The van der Waals surface area contributed by atoms with E-state index in [4.69, 9.17) is 9.47 Å². The van der Waals surface area contributed by atoms with Crippen LogP contribution >= 0.6 is 0 Å². The molecular weight excluding hydrogens is 376 g/mol. The molecule has 0 spiro atoms. The zero-order valence-corrected chi connectivity index (χ0v) is 16.1. The third-order valence-corrected chi connectivity index (χ3v) is 5.00. The molecule has 1 fully saturated rings. The first-order chi connectivity index (χ1) is 14.0. The number of nitro groups is 1. The number of methoxy groups -OCH3 is 2. The van der Waals surface area contributed by atoms with Crippen molar-refractivity contribution in [3.8, 4) is 11.5 Å². The second-order valence-electron chi connectivity index (χ2n) is 6.82. The fourth-order valence-electron chi connectivity index (χ4n) is 3.37. The summed E-state index contributed by atoms with van der Waals surface area (Å²) < 4.78 is 12.3. The highest BCUT2D eigenvalue weighted by Crippen LogP contribution is 2.37. The van der Waals surface area contributed by atoms with Gasteiger partial charge in [-0.3, -0.25) is 14.9 Å². The van der Waals surface area contributed by atoms with Gasteiger partial charge in [0, 0.05) is 18.3 Å². The molecular formula is C20H20N4O5. The predicted octanol–water partition coefficient (Wildman–Crippen LogP) is 3.06. The standard InChI is InChI=1S/C20H20N4O5/c1-28-17-9-15(16(24(26)27)10-18(17)29-2)20(25)23(13-6-7-13)12-14-11-21-19-5-3-4-8-22(14)19/h3-5,8-11,13H,6-7,12H2,1-2H3. The summed E-state index contributed by atoms with van der Waals surface area (Å²) in [6.45, 7) is 0.306. The van der Waals surface area contributed by atoms with Crippen molar-refractivity contribution in [2.75, 3.05) is 14.2 Å². The lowest BCUT2D eigenvalue weighted by molar-refractivity contribution is -0.385. The van der Waals surface area contributed by atoms with Gasteiger partial charge in [0.05, 0.1) is 43.6 Å². The Kier molecular flexibility index (Phi) is 4.79. The molecule has 0 unspecified atom stereocenters. The van der Waals surface area contributed by atoms with Gasteiger partial charge in [0.1, 0.15) is 11.2 Å². The van der Waals surface area contributed by atoms with Crippen molar-refractivity contribution in [3.05, 3.63) is 64.1 Å². The number of rotatable bonds is 7. The number of ether oxygens (including phenoxy) is 2. The summed E-state index contributed by atoms with van der Waals surface area (Å²) in [5, 5.41) is 11.6. The number of fused-ring (bicyclic) bond motifs is 1. The molecule has 0 atom stereocenters. The van der Waals surface area contributed by atoms with Crippen molar-refractivity contribution in [2.45, 2.75) is 25.4 Å². The van der Waals surface area contributed by atoms with Gasteiger partial charge in [-0.15, -0.1) is 0 Å². The molecule has 1 aromatic carbocycles. The number of aromatic nitrogens is 2. The molecule has 0 bridgehead atoms. The number of nitro benzene ring substituents is 1. The van der Waals surface area contributed by atoms with Crippen LogP contribution in [0, 0.1) is 10.1 Å². The Morgan fingerprint density at radius 3 is 2.66 bits per heavy atom. The molecule has 4 rings (SSSR count). The van der Waals surface area contributed by atoms with Crippen molar-refractivity contribution in [3.63, 3.8) is 0 Å². The van der Waals surface area contributed by atoms with E-state index in [1.54, 1.807) is 11.1 Å². The van der Waals surface area contributed by atoms with Crippen molar-refractivity contribution in [1.29, 1.82) is 0 Å². The molecule has 0 N–H and O–H groups in total. The van der Waals surface area contributed by atoms with Gasteiger partial charge >= 0.3 is 0 Å². The lowest BCUT2D eigenvalue weighted by Crippen LogP contribution is -2.33. The number of carbonyl (C=O) groups excluding carboxylic acids is 1. The van der Waals surface area contributed by atoms with E-state index < -0.39 is 10.8 Å². The molecule has 2 aromatic heterocycles. The van der Waals surface area contributed by atoms with Gasteiger partial charge in [0.15, 0.2) is 11.5 Å². The largest absolute Gasteiger partial charge is 0.493 e. The quantitative estimate of drug-likeness (QED) is 0.450. The maximum atomic E-state index is 13.4. The van der Waals surface area contributed by atoms with Crippen LogP contribution in [-0.4, -0.2) is 45.4 Å². The van der Waals surface area contributed by atoms with Crippen LogP contribution in [0.15, 0.2) is 42.7 Å². The molecule has 1 saturated carbocycles. The van der Waals surface area contributed by atoms with Crippen LogP contribution in [0.5, 0.6) is 11.5 Å². The van der Waals surface area contributed by atoms with Crippen molar-refractivity contribution in [2.24, 2.45) is 0 Å². The topological polar surface area (TPSA) is 99.2 Å². The summed E-state index contributed by atoms with van der Waals surface area (Å²) in [6.07, 6.45) is 5.33. The molecule has 0 saturated heterocycles. The second-order valence-corrected chi connectivity index (χ2v) is 6.82. The third kappa shape index (κ3) is 3.46. The van der Waals surface area contributed by atoms with Crippen LogP contribution in [-0.2, 0) is 6.54 Å². The Hall–Kier alpha value is -3.62. The number of carbonyl (C=O) groups is 1. The monoisotopic (exact) mass is 396 g/mol. The Bertz CT molecular complexity index is 1090. The number of nitrogens with zero attached hydrogens (tertiary/aromatic N) is 4. The average Bonchev–Trinajstić information content (AvgIpc) is 3.50. The van der Waals surface area contributed by atoms with E-state index in [1.165, 1.54) is 26.4 Å². The minimum atomic E-state index is -0.575. The van der Waals surface area contributed by atoms with Crippen molar-refractivity contribution >= 4 is 17.2 Å². The Morgan fingerprint density at radius 1 is 1.28 bits per heavy atom. The van der Waals surface area contributed by atoms with Gasteiger partial charge in [-0.05, 0) is 25.0 Å². The molecule has 1 amide bonds. The van der Waals surface area contributed by atoms with Crippen LogP contribution in [0.3, 0.4) is 0 Å². The highest BCUT2D eigenvalue weighted by molar-refractivity contribution is 5.99. The highest BCUT2D eigenvalue weighted by atomic mass is 16.6. The van der Waals surface area contributed by atoms with Gasteiger partial charge in [0.25, 0.3) is 11.6 Å². The SMILES string of the molecule is COc1cc(C(=O)N(Cc2cnc3ccccn23)C2CC2)c([N+](=O)[O-])cc1OC. The zero-order chi connectivity index (χ0) is 20.5. The summed E-state index contributed by atoms with van der Waals surface area (Å²) >= 11 is 0. The fourth-order valence-corrected chi connectivity index (χ4v) is 3.37. The smallest absolute Gasteiger partial charge is 0.286 e. The number of hydrogen-bond acceptors (Lipinski definition) is 6. The van der Waals surface area contributed by atoms with Gasteiger partial charge in [-0.2, -0.15) is 0 Å². The van der Waals surface area contributed by atoms with Crippen molar-refractivity contribution in [1.82, 2.24) is 14.3 Å². The summed E-state index contributed by atoms with van der Waals surface area (Å²) in [5.74, 6) is 0.0635. The summed E-state index contributed by atoms with van der Waals surface area (Å²) in [7, 11) is 2.82. The normalized spacial score (nSPS) is 13.3. The molecule has 1 aliphatic rings. The van der Waals surface area contributed by atoms with E-state index >= 15 is 0 Å². The molecule has 1 aliphatic carbocycles. The predicted molar refractivity (Wildman–Crippen MR) is 104 cm³/mol. The van der Waals surface area contributed by atoms with Gasteiger partial charge in [-0.1, -0.05) is 6.07 Å². The highest BCUT2D eigenvalue weighted by Gasteiger charge is 2.37. The second kappa shape index (κ2) is 7.42. The third-order valence-electron chi connectivity index (χ3n) is 5.00. The minimum absolute atomic E-state index is 0.0200. The van der Waals surface area contributed by atoms with Crippen molar-refractivity contribution < 1.29 is 19.2 Å². The molecule has 0 aliphatic heterocycles. The number of imidazole rings is 1. The number of pyridine rings is 1. The summed E-state index contributed by atoms with van der Waals surface area (Å²) in [5.41, 5.74) is 1.29. The number of hydrogen-bond donors (Lipinski definition) is 0. The Labute approximate surface area is 166 Å². The first kappa shape index (κ1) is 18.7. The van der Waals surface area contributed by atoms with Crippen LogP contribution in [0.2, 0.25) is 0 Å². The molecule has 3 aromatic rings. The van der Waals surface area contributed by atoms with E-state index in [1.807, 2.05) is 28.8 Å². The zero-order valence-electron chi connectivity index (χ0n) is 16.1. The van der Waals surface area contributed by atoms with Gasteiger partial charge < -0.3 is 18.8 Å². The van der Waals surface area contributed by atoms with Crippen LogP contribution in [0.25, 0.3) is 5.65 Å². The summed E-state index contributed by atoms with van der Waals surface area (Å²) in [6, 6.07) is 8.31. The summed E-state index contributed by atoms with van der Waals surface area (Å²) in [4.78, 5) is 30.5. The number of benzene rings is 1. The molecule has 0 radical (unpaired) electrons. The van der Waals surface area contributed by atoms with E-state index in [9.17, 15) is 14.9 Å². The van der Waals surface area contributed by atoms with E-state index in [0.29, 0.717) is 6.54 Å². The lowest BCUT2D eigenvalue weighted by Gasteiger charge is -2.22. The molecule has 9 heteroatoms. The Balaban J connectivity index is 1.73. The molecule has 29 heavy (non-hydrogen) atoms. The van der Waals surface area contributed by atoms with Crippen LogP contribution < -0.4 is 9.47 Å². The Morgan fingerprint density at radius 2 is 2.00 bits per heavy atom. The number of amides is 1. The molecule has 2 heterocycles. The molecule has 9 nitrogen and oxygen atoms in total. The first-order valence-corrected chi connectivity index (χ1v) is 9.15. The maximum Gasteiger partial charge on any atom is 0.286 e. The van der Waals surface area contributed by atoms with Gasteiger partial charge in [0.2, 0.25) is 0 Å². The minimum Gasteiger partial charge on any atom is -0.493 e. The maximum absolute atomic E-state index is 13.4. The van der Waals surface area contributed by atoms with E-state index in [0.717, 1.165) is 24.2 Å². The van der Waals surface area contributed by atoms with E-state index in [-0.39, 0.29) is 28.8 Å².